The van der Waals surface area contributed by atoms with Crippen LogP contribution < -0.4 is 5.32 Å². The van der Waals surface area contributed by atoms with E-state index in [9.17, 15) is 9.59 Å². The number of nitrogens with one attached hydrogen (secondary N) is 1. The molecule has 1 rings (SSSR count). The summed E-state index contributed by atoms with van der Waals surface area (Å²) in [7, 11) is 1.62. The normalized spacial score (nSPS) is 13.6. The van der Waals surface area contributed by atoms with Crippen LogP contribution in [-0.2, 0) is 11.3 Å². The number of urea groups is 1. The number of carbonyl (C=O) groups is 2. The molecule has 0 aliphatic rings. The molecule has 0 spiro atoms. The molecule has 0 aliphatic heterocycles. The van der Waals surface area contributed by atoms with Crippen LogP contribution in [0.15, 0.2) is 5.38 Å². The Morgan fingerprint density at radius 2 is 2.20 bits per heavy atom. The Morgan fingerprint density at radius 1 is 1.55 bits per heavy atom. The zero-order valence-electron chi connectivity index (χ0n) is 12.2. The molecule has 20 heavy (non-hydrogen) atoms. The Kier molecular flexibility index (Phi) is 5.94. The van der Waals surface area contributed by atoms with Crippen LogP contribution in [0.4, 0.5) is 4.79 Å². The molecule has 1 aromatic rings. The number of aryl methyl sites for hydroxylation is 1. The molecule has 0 bridgehead atoms. The van der Waals surface area contributed by atoms with E-state index in [-0.39, 0.29) is 5.92 Å². The van der Waals surface area contributed by atoms with Gasteiger partial charge in [0.1, 0.15) is 6.04 Å². The fourth-order valence-corrected chi connectivity index (χ4v) is 2.33. The van der Waals surface area contributed by atoms with Crippen molar-refractivity contribution in [3.05, 3.63) is 16.1 Å². The summed E-state index contributed by atoms with van der Waals surface area (Å²) < 4.78 is 0. The van der Waals surface area contributed by atoms with E-state index in [1.807, 2.05) is 26.2 Å². The molecule has 7 heteroatoms. The lowest BCUT2D eigenvalue weighted by Gasteiger charge is -2.24. The third-order valence-electron chi connectivity index (χ3n) is 3.17. The van der Waals surface area contributed by atoms with Gasteiger partial charge < -0.3 is 15.3 Å². The van der Waals surface area contributed by atoms with Gasteiger partial charge in [-0.2, -0.15) is 0 Å². The molecular weight excluding hydrogens is 278 g/mol. The fourth-order valence-electron chi connectivity index (χ4n) is 1.72. The number of carboxylic acid groups (broad SMARTS) is 1. The first-order valence-corrected chi connectivity index (χ1v) is 7.38. The number of carboxylic acids is 1. The number of aromatic nitrogens is 1. The molecule has 2 N–H and O–H groups in total. The Bertz CT molecular complexity index is 475. The van der Waals surface area contributed by atoms with Gasteiger partial charge in [0.25, 0.3) is 0 Å². The smallest absolute Gasteiger partial charge is 0.326 e. The quantitative estimate of drug-likeness (QED) is 0.842. The van der Waals surface area contributed by atoms with Crippen LogP contribution in [0, 0.1) is 12.8 Å². The summed E-state index contributed by atoms with van der Waals surface area (Å²) in [6.45, 7) is 5.97. The molecule has 1 heterocycles. The van der Waals surface area contributed by atoms with Crippen LogP contribution in [0.25, 0.3) is 0 Å². The third kappa shape index (κ3) is 4.48. The number of nitrogens with zero attached hydrogens (tertiary/aromatic N) is 2. The first-order valence-electron chi connectivity index (χ1n) is 6.50. The second-order valence-electron chi connectivity index (χ2n) is 4.86. The topological polar surface area (TPSA) is 82.5 Å². The first-order chi connectivity index (χ1) is 9.35. The molecule has 112 valence electrons. The maximum Gasteiger partial charge on any atom is 0.326 e. The minimum atomic E-state index is -1.01. The second kappa shape index (κ2) is 7.23. The summed E-state index contributed by atoms with van der Waals surface area (Å²) in [6, 6.07) is -1.27. The van der Waals surface area contributed by atoms with E-state index in [0.29, 0.717) is 13.0 Å². The number of amides is 2. The molecule has 2 unspecified atom stereocenters. The molecule has 1 aromatic heterocycles. The summed E-state index contributed by atoms with van der Waals surface area (Å²) in [4.78, 5) is 28.9. The van der Waals surface area contributed by atoms with Crippen LogP contribution in [0.1, 0.15) is 31.0 Å². The molecule has 0 saturated carbocycles. The zero-order valence-corrected chi connectivity index (χ0v) is 13.0. The first kappa shape index (κ1) is 16.4. The standard InChI is InChI=1S/C13H21N3O3S/c1-5-8(2)11(12(17)18)15-13(19)16(4)6-10-7-20-9(3)14-10/h7-8,11H,5-6H2,1-4H3,(H,15,19)(H,17,18). The Labute approximate surface area is 122 Å². The van der Waals surface area contributed by atoms with Crippen molar-refractivity contribution in [2.45, 2.75) is 39.8 Å². The van der Waals surface area contributed by atoms with Gasteiger partial charge in [0, 0.05) is 12.4 Å². The minimum absolute atomic E-state index is 0.119. The van der Waals surface area contributed by atoms with Crippen molar-refractivity contribution in [3.63, 3.8) is 0 Å². The zero-order chi connectivity index (χ0) is 15.3. The summed E-state index contributed by atoms with van der Waals surface area (Å²) in [6.07, 6.45) is 0.687. The van der Waals surface area contributed by atoms with Gasteiger partial charge in [0.05, 0.1) is 17.2 Å². The average molecular weight is 299 g/mol. The van der Waals surface area contributed by atoms with Crippen molar-refractivity contribution < 1.29 is 14.7 Å². The van der Waals surface area contributed by atoms with Gasteiger partial charge in [-0.05, 0) is 12.8 Å². The largest absolute Gasteiger partial charge is 0.480 e. The summed E-state index contributed by atoms with van der Waals surface area (Å²) in [5, 5.41) is 14.5. The highest BCUT2D eigenvalue weighted by atomic mass is 32.1. The van der Waals surface area contributed by atoms with Gasteiger partial charge >= 0.3 is 12.0 Å². The van der Waals surface area contributed by atoms with Crippen LogP contribution in [0.5, 0.6) is 0 Å². The highest BCUT2D eigenvalue weighted by Crippen LogP contribution is 2.11. The highest BCUT2D eigenvalue weighted by molar-refractivity contribution is 7.09. The Balaban J connectivity index is 2.61. The number of thiazole rings is 1. The predicted molar refractivity (Wildman–Crippen MR) is 77.7 cm³/mol. The van der Waals surface area contributed by atoms with E-state index in [1.165, 1.54) is 16.2 Å². The van der Waals surface area contributed by atoms with Crippen molar-refractivity contribution in [3.8, 4) is 0 Å². The highest BCUT2D eigenvalue weighted by Gasteiger charge is 2.26. The number of hydrogen-bond donors (Lipinski definition) is 2. The number of rotatable bonds is 6. The van der Waals surface area contributed by atoms with Crippen molar-refractivity contribution in [1.82, 2.24) is 15.2 Å². The second-order valence-corrected chi connectivity index (χ2v) is 5.93. The fraction of sp³-hybridized carbons (Fsp3) is 0.615. The van der Waals surface area contributed by atoms with E-state index < -0.39 is 18.0 Å². The van der Waals surface area contributed by atoms with Gasteiger partial charge in [-0.15, -0.1) is 11.3 Å². The van der Waals surface area contributed by atoms with Crippen molar-refractivity contribution in [2.24, 2.45) is 5.92 Å². The number of aliphatic carboxylic acids is 1. The lowest BCUT2D eigenvalue weighted by atomic mass is 9.99. The van der Waals surface area contributed by atoms with Crippen LogP contribution in [-0.4, -0.2) is 40.1 Å². The van der Waals surface area contributed by atoms with Gasteiger partial charge in [-0.25, -0.2) is 14.6 Å². The molecular formula is C13H21N3O3S. The maximum atomic E-state index is 12.0. The van der Waals surface area contributed by atoms with Crippen molar-refractivity contribution >= 4 is 23.3 Å². The molecule has 0 fully saturated rings. The lowest BCUT2D eigenvalue weighted by molar-refractivity contribution is -0.140. The maximum absolute atomic E-state index is 12.0. The van der Waals surface area contributed by atoms with E-state index in [4.69, 9.17) is 5.11 Å². The monoisotopic (exact) mass is 299 g/mol. The lowest BCUT2D eigenvalue weighted by Crippen LogP contribution is -2.49. The summed E-state index contributed by atoms with van der Waals surface area (Å²) >= 11 is 1.52. The number of hydrogen-bond acceptors (Lipinski definition) is 4. The SMILES string of the molecule is CCC(C)C(NC(=O)N(C)Cc1csc(C)n1)C(=O)O. The third-order valence-corrected chi connectivity index (χ3v) is 3.99. The van der Waals surface area contributed by atoms with Crippen LogP contribution in [0.3, 0.4) is 0 Å². The minimum Gasteiger partial charge on any atom is -0.480 e. The van der Waals surface area contributed by atoms with Crippen LogP contribution >= 0.6 is 11.3 Å². The van der Waals surface area contributed by atoms with Crippen molar-refractivity contribution in [2.75, 3.05) is 7.05 Å². The van der Waals surface area contributed by atoms with Gasteiger partial charge in [-0.1, -0.05) is 20.3 Å². The molecule has 0 radical (unpaired) electrons. The van der Waals surface area contributed by atoms with Gasteiger partial charge in [-0.3, -0.25) is 0 Å². The molecule has 2 atom stereocenters. The summed E-state index contributed by atoms with van der Waals surface area (Å²) in [5.74, 6) is -1.13. The molecule has 0 saturated heterocycles. The Morgan fingerprint density at radius 3 is 2.65 bits per heavy atom. The molecule has 0 aliphatic carbocycles. The summed E-state index contributed by atoms with van der Waals surface area (Å²) in [5.41, 5.74) is 0.806. The number of carbonyl (C=O) groups excluding carboxylic acids is 1. The molecule has 6 nitrogen and oxygen atoms in total. The Hall–Kier alpha value is -1.63. The van der Waals surface area contributed by atoms with Crippen LogP contribution in [0.2, 0.25) is 0 Å². The van der Waals surface area contributed by atoms with E-state index in [2.05, 4.69) is 10.3 Å². The molecule has 2 amide bonds. The average Bonchev–Trinajstić information content (AvgIpc) is 2.79. The van der Waals surface area contributed by atoms with E-state index >= 15 is 0 Å². The van der Waals surface area contributed by atoms with E-state index in [0.717, 1.165) is 10.7 Å². The van der Waals surface area contributed by atoms with Crippen molar-refractivity contribution in [1.29, 1.82) is 0 Å². The van der Waals surface area contributed by atoms with Gasteiger partial charge in [0.2, 0.25) is 0 Å². The predicted octanol–water partition coefficient (Wildman–Crippen LogP) is 2.09. The van der Waals surface area contributed by atoms with E-state index in [1.54, 1.807) is 7.05 Å². The molecule has 0 aromatic carbocycles. The van der Waals surface area contributed by atoms with Gasteiger partial charge in [0.15, 0.2) is 0 Å².